The number of hydrogen-bond donors (Lipinski definition) is 1. The average Bonchev–Trinajstić information content (AvgIpc) is 3.27. The van der Waals surface area contributed by atoms with Gasteiger partial charge in [-0.2, -0.15) is 0 Å². The Labute approximate surface area is 154 Å². The first kappa shape index (κ1) is 16.7. The minimum absolute atomic E-state index is 0.0437. The first-order chi connectivity index (χ1) is 12.6. The summed E-state index contributed by atoms with van der Waals surface area (Å²) in [6.07, 6.45) is 4.47. The zero-order chi connectivity index (χ0) is 18.1. The van der Waals surface area contributed by atoms with Crippen LogP contribution in [0.5, 0.6) is 0 Å². The fourth-order valence-corrected chi connectivity index (χ4v) is 3.22. The summed E-state index contributed by atoms with van der Waals surface area (Å²) in [5.74, 6) is 0.275. The van der Waals surface area contributed by atoms with E-state index in [2.05, 4.69) is 20.2 Å². The number of aromatic nitrogens is 4. The Kier molecular flexibility index (Phi) is 4.38. The second-order valence-corrected chi connectivity index (χ2v) is 6.57. The summed E-state index contributed by atoms with van der Waals surface area (Å²) in [4.78, 5) is 21.4. The second kappa shape index (κ2) is 6.84. The summed E-state index contributed by atoms with van der Waals surface area (Å²) in [6.45, 7) is 0.546. The predicted molar refractivity (Wildman–Crippen MR) is 95.2 cm³/mol. The van der Waals surface area contributed by atoms with Gasteiger partial charge in [-0.05, 0) is 42.7 Å². The van der Waals surface area contributed by atoms with E-state index in [4.69, 9.17) is 11.6 Å². The molecule has 1 N–H and O–H groups in total. The van der Waals surface area contributed by atoms with E-state index in [0.29, 0.717) is 31.2 Å². The number of amides is 1. The fourth-order valence-electron chi connectivity index (χ4n) is 3.10. The lowest BCUT2D eigenvalue weighted by molar-refractivity contribution is -0.120. The van der Waals surface area contributed by atoms with Crippen LogP contribution in [-0.2, 0) is 11.2 Å². The van der Waals surface area contributed by atoms with Crippen molar-refractivity contribution in [1.82, 2.24) is 20.2 Å². The van der Waals surface area contributed by atoms with E-state index < -0.39 is 5.82 Å². The first-order valence-corrected chi connectivity index (χ1v) is 8.58. The number of rotatable bonds is 4. The van der Waals surface area contributed by atoms with Crippen LogP contribution in [0.2, 0.25) is 5.02 Å². The Balaban J connectivity index is 1.49. The Morgan fingerprint density at radius 2 is 2.04 bits per heavy atom. The molecule has 1 aliphatic rings. The van der Waals surface area contributed by atoms with Crippen molar-refractivity contribution in [3.63, 3.8) is 0 Å². The van der Waals surface area contributed by atoms with Gasteiger partial charge in [-0.25, -0.2) is 4.39 Å². The van der Waals surface area contributed by atoms with Crippen LogP contribution in [-0.4, -0.2) is 32.6 Å². The van der Waals surface area contributed by atoms with Crippen LogP contribution in [0.3, 0.4) is 0 Å². The van der Waals surface area contributed by atoms with Crippen LogP contribution >= 0.6 is 11.6 Å². The molecule has 8 heteroatoms. The molecule has 1 amide bonds. The van der Waals surface area contributed by atoms with Gasteiger partial charge in [0.15, 0.2) is 5.82 Å². The van der Waals surface area contributed by atoms with Crippen molar-refractivity contribution in [3.05, 3.63) is 59.1 Å². The van der Waals surface area contributed by atoms with Gasteiger partial charge in [0.25, 0.3) is 0 Å². The number of nitrogens with zero attached hydrogens (tertiary/aromatic N) is 4. The maximum atomic E-state index is 13.6. The van der Waals surface area contributed by atoms with Crippen LogP contribution in [0.25, 0.3) is 11.4 Å². The normalized spacial score (nSPS) is 17.1. The third-order valence-corrected chi connectivity index (χ3v) is 4.77. The number of H-pyrrole nitrogens is 1. The van der Waals surface area contributed by atoms with Crippen LogP contribution in [0.4, 0.5) is 10.3 Å². The maximum absolute atomic E-state index is 13.6. The molecular weight excluding hydrogens is 357 g/mol. The van der Waals surface area contributed by atoms with Gasteiger partial charge in [0.05, 0.1) is 5.02 Å². The molecule has 3 aromatic rings. The molecule has 0 spiro atoms. The highest BCUT2D eigenvalue weighted by molar-refractivity contribution is 6.30. The highest BCUT2D eigenvalue weighted by atomic mass is 35.5. The monoisotopic (exact) mass is 371 g/mol. The molecule has 26 heavy (non-hydrogen) atoms. The Morgan fingerprint density at radius 1 is 1.23 bits per heavy atom. The quantitative estimate of drug-likeness (QED) is 0.763. The van der Waals surface area contributed by atoms with Crippen molar-refractivity contribution < 1.29 is 9.18 Å². The van der Waals surface area contributed by atoms with Crippen LogP contribution < -0.4 is 4.90 Å². The van der Waals surface area contributed by atoms with Crippen molar-refractivity contribution >= 4 is 23.5 Å². The molecule has 0 unspecified atom stereocenters. The molecule has 2 aromatic heterocycles. The highest BCUT2D eigenvalue weighted by Gasteiger charge is 2.34. The molecule has 1 aliphatic heterocycles. The topological polar surface area (TPSA) is 74.8 Å². The molecule has 1 fully saturated rings. The molecule has 0 aliphatic carbocycles. The number of carbonyl (C=O) groups excluding carboxylic acids is 1. The summed E-state index contributed by atoms with van der Waals surface area (Å²) < 4.78 is 13.6. The number of nitrogens with one attached hydrogen (secondary N) is 1. The number of hydrogen-bond acceptors (Lipinski definition) is 4. The van der Waals surface area contributed by atoms with E-state index in [1.807, 2.05) is 12.1 Å². The number of benzene rings is 1. The van der Waals surface area contributed by atoms with Crippen molar-refractivity contribution in [1.29, 1.82) is 0 Å². The third-order valence-electron chi connectivity index (χ3n) is 4.47. The summed E-state index contributed by atoms with van der Waals surface area (Å²) >= 11 is 5.71. The molecule has 6 nitrogen and oxygen atoms in total. The molecule has 0 radical (unpaired) electrons. The fraction of sp³-hybridized carbons (Fsp3) is 0.222. The standard InChI is InChI=1S/C18H15ClFN5O/c19-14-2-1-11(10-15(14)20)9-13-5-8-25(17(13)26)18-22-16(23-24-18)12-3-6-21-7-4-12/h1-4,6-7,10,13H,5,8-9H2,(H,22,23,24)/t13-/m0/s1. The van der Waals surface area contributed by atoms with E-state index in [9.17, 15) is 9.18 Å². The van der Waals surface area contributed by atoms with Gasteiger partial charge in [0.1, 0.15) is 5.82 Å². The van der Waals surface area contributed by atoms with E-state index in [0.717, 1.165) is 11.1 Å². The van der Waals surface area contributed by atoms with Crippen molar-refractivity contribution in [3.8, 4) is 11.4 Å². The van der Waals surface area contributed by atoms with E-state index in [-0.39, 0.29) is 16.8 Å². The molecular formula is C18H15ClFN5O. The number of halogens is 2. The maximum Gasteiger partial charge on any atom is 0.232 e. The number of aromatic amines is 1. The van der Waals surface area contributed by atoms with Gasteiger partial charge in [-0.3, -0.25) is 14.7 Å². The van der Waals surface area contributed by atoms with Crippen molar-refractivity contribution in [2.24, 2.45) is 5.92 Å². The number of pyridine rings is 1. The van der Waals surface area contributed by atoms with E-state index in [1.165, 1.54) is 12.1 Å². The first-order valence-electron chi connectivity index (χ1n) is 8.20. The largest absolute Gasteiger partial charge is 0.307 e. The van der Waals surface area contributed by atoms with E-state index in [1.54, 1.807) is 23.4 Å². The lowest BCUT2D eigenvalue weighted by atomic mass is 9.98. The van der Waals surface area contributed by atoms with E-state index >= 15 is 0 Å². The Hall–Kier alpha value is -2.80. The summed E-state index contributed by atoms with van der Waals surface area (Å²) in [6, 6.07) is 8.27. The molecule has 0 bridgehead atoms. The Bertz CT molecular complexity index is 946. The number of anilines is 1. The summed E-state index contributed by atoms with van der Waals surface area (Å²) in [5, 5.41) is 8.28. The molecule has 1 aromatic carbocycles. The predicted octanol–water partition coefficient (Wildman–Crippen LogP) is 3.25. The summed E-state index contributed by atoms with van der Waals surface area (Å²) in [7, 11) is 0. The third kappa shape index (κ3) is 3.17. The molecule has 0 saturated carbocycles. The summed E-state index contributed by atoms with van der Waals surface area (Å²) in [5.41, 5.74) is 1.60. The smallest absolute Gasteiger partial charge is 0.232 e. The molecule has 4 rings (SSSR count). The lowest BCUT2D eigenvalue weighted by Gasteiger charge is -2.13. The second-order valence-electron chi connectivity index (χ2n) is 6.16. The zero-order valence-electron chi connectivity index (χ0n) is 13.7. The van der Waals surface area contributed by atoms with Gasteiger partial charge in [-0.15, -0.1) is 10.2 Å². The van der Waals surface area contributed by atoms with Gasteiger partial charge in [0, 0.05) is 30.4 Å². The average molecular weight is 372 g/mol. The molecule has 1 atom stereocenters. The minimum atomic E-state index is -0.469. The van der Waals surface area contributed by atoms with Gasteiger partial charge >= 0.3 is 0 Å². The highest BCUT2D eigenvalue weighted by Crippen LogP contribution is 2.27. The minimum Gasteiger partial charge on any atom is -0.307 e. The SMILES string of the molecule is O=C1[C@H](Cc2ccc(Cl)c(F)c2)CCN1c1nnc(-c2ccncc2)[nH]1. The van der Waals surface area contributed by atoms with Crippen LogP contribution in [0, 0.1) is 11.7 Å². The number of carbonyl (C=O) groups is 1. The molecule has 1 saturated heterocycles. The van der Waals surface area contributed by atoms with Crippen molar-refractivity contribution in [2.45, 2.75) is 12.8 Å². The lowest BCUT2D eigenvalue weighted by Crippen LogP contribution is -2.28. The van der Waals surface area contributed by atoms with Gasteiger partial charge in [-0.1, -0.05) is 17.7 Å². The molecule has 132 valence electrons. The molecule has 3 heterocycles. The van der Waals surface area contributed by atoms with Crippen molar-refractivity contribution in [2.75, 3.05) is 11.4 Å². The van der Waals surface area contributed by atoms with Crippen LogP contribution in [0.1, 0.15) is 12.0 Å². The van der Waals surface area contributed by atoms with Gasteiger partial charge in [0.2, 0.25) is 11.9 Å². The Morgan fingerprint density at radius 3 is 2.81 bits per heavy atom. The zero-order valence-corrected chi connectivity index (χ0v) is 14.4. The van der Waals surface area contributed by atoms with Crippen LogP contribution in [0.15, 0.2) is 42.7 Å². The van der Waals surface area contributed by atoms with Gasteiger partial charge < -0.3 is 4.98 Å².